The topological polar surface area (TPSA) is 80.1 Å². The van der Waals surface area contributed by atoms with Gasteiger partial charge in [-0.2, -0.15) is 0 Å². The first-order valence-electron chi connectivity index (χ1n) is 8.79. The largest absolute Gasteiger partial charge is 0.464 e. The van der Waals surface area contributed by atoms with Crippen molar-refractivity contribution >= 4 is 40.8 Å². The summed E-state index contributed by atoms with van der Waals surface area (Å²) >= 11 is 0.802. The molecule has 3 rings (SSSR count). The second kappa shape index (κ2) is 7.99. The molecular formula is C18H22N2O5S. The number of imide groups is 1. The van der Waals surface area contributed by atoms with Gasteiger partial charge in [-0.15, -0.1) is 0 Å². The second-order valence-electron chi connectivity index (χ2n) is 6.20. The van der Waals surface area contributed by atoms with Crippen molar-refractivity contribution in [1.29, 1.82) is 0 Å². The van der Waals surface area contributed by atoms with Crippen LogP contribution in [0.2, 0.25) is 0 Å². The maximum atomic E-state index is 12.5. The van der Waals surface area contributed by atoms with Crippen molar-refractivity contribution in [1.82, 2.24) is 4.90 Å². The fraction of sp³-hybridized carbons (Fsp3) is 0.500. The number of esters is 1. The number of amides is 2. The van der Waals surface area contributed by atoms with Crippen LogP contribution in [0.4, 0.5) is 10.7 Å². The zero-order valence-corrected chi connectivity index (χ0v) is 15.7. The Bertz CT molecular complexity index is 736. The van der Waals surface area contributed by atoms with Crippen LogP contribution in [0.1, 0.15) is 38.9 Å². The number of hydrogen-bond acceptors (Lipinski definition) is 7. The van der Waals surface area contributed by atoms with Crippen molar-refractivity contribution in [3.63, 3.8) is 0 Å². The van der Waals surface area contributed by atoms with Crippen LogP contribution in [-0.4, -0.2) is 47.8 Å². The molecule has 0 radical (unpaired) electrons. The molecule has 0 N–H and O–H groups in total. The summed E-state index contributed by atoms with van der Waals surface area (Å²) in [4.78, 5) is 39.9. The summed E-state index contributed by atoms with van der Waals surface area (Å²) in [6.45, 7) is 5.27. The molecule has 1 aromatic heterocycles. The van der Waals surface area contributed by atoms with Crippen molar-refractivity contribution in [3.05, 3.63) is 22.8 Å². The summed E-state index contributed by atoms with van der Waals surface area (Å²) in [5, 5.41) is -0.482. The Labute approximate surface area is 156 Å². The Balaban J connectivity index is 1.73. The van der Waals surface area contributed by atoms with Crippen molar-refractivity contribution in [2.24, 2.45) is 0 Å². The van der Waals surface area contributed by atoms with E-state index in [0.717, 1.165) is 48.5 Å². The fourth-order valence-electron chi connectivity index (χ4n) is 3.02. The number of nitrogens with zero attached hydrogens (tertiary/aromatic N) is 2. The molecule has 0 spiro atoms. The smallest absolute Gasteiger partial charge is 0.329 e. The van der Waals surface area contributed by atoms with Gasteiger partial charge in [0.25, 0.3) is 11.1 Å². The molecule has 0 bridgehead atoms. The lowest BCUT2D eigenvalue weighted by molar-refractivity contribution is -0.150. The standard InChI is InChI=1S/C18H22N2O5S/c1-3-24-17(22)12(2)20-16(21)14(26-18(20)23)11-13-7-8-15(25-13)19-9-5-4-6-10-19/h7-8,11-12H,3-6,9-10H2,1-2H3/b14-11+/t12-/m1/s1. The minimum Gasteiger partial charge on any atom is -0.464 e. The molecule has 8 heteroatoms. The third-order valence-electron chi connectivity index (χ3n) is 4.39. The molecule has 0 unspecified atom stereocenters. The minimum absolute atomic E-state index is 0.195. The molecule has 2 saturated heterocycles. The Morgan fingerprint density at radius 2 is 2.04 bits per heavy atom. The van der Waals surface area contributed by atoms with E-state index in [1.807, 2.05) is 6.07 Å². The molecule has 3 heterocycles. The van der Waals surface area contributed by atoms with Gasteiger partial charge >= 0.3 is 5.97 Å². The lowest BCUT2D eigenvalue weighted by atomic mass is 10.1. The van der Waals surface area contributed by atoms with E-state index in [0.29, 0.717) is 5.76 Å². The monoisotopic (exact) mass is 378 g/mol. The average molecular weight is 378 g/mol. The number of carbonyl (C=O) groups is 3. The summed E-state index contributed by atoms with van der Waals surface area (Å²) < 4.78 is 10.7. The zero-order valence-electron chi connectivity index (χ0n) is 14.9. The summed E-state index contributed by atoms with van der Waals surface area (Å²) in [5.74, 6) is 0.188. The molecule has 2 aliphatic rings. The zero-order chi connectivity index (χ0) is 18.7. The number of rotatable bonds is 5. The van der Waals surface area contributed by atoms with E-state index >= 15 is 0 Å². The molecule has 26 heavy (non-hydrogen) atoms. The van der Waals surface area contributed by atoms with Gasteiger partial charge < -0.3 is 14.1 Å². The van der Waals surface area contributed by atoms with Crippen molar-refractivity contribution in [3.8, 4) is 0 Å². The molecule has 1 aromatic rings. The van der Waals surface area contributed by atoms with Gasteiger partial charge in [0.2, 0.25) is 0 Å². The lowest BCUT2D eigenvalue weighted by Crippen LogP contribution is -2.42. The van der Waals surface area contributed by atoms with Crippen LogP contribution in [0.15, 0.2) is 21.5 Å². The SMILES string of the molecule is CCOC(=O)[C@@H](C)N1C(=O)S/C(=C/c2ccc(N3CCCCC3)o2)C1=O. The Morgan fingerprint density at radius 1 is 1.31 bits per heavy atom. The third kappa shape index (κ3) is 3.80. The van der Waals surface area contributed by atoms with Gasteiger partial charge in [-0.1, -0.05) is 0 Å². The van der Waals surface area contributed by atoms with E-state index in [-0.39, 0.29) is 11.5 Å². The van der Waals surface area contributed by atoms with E-state index < -0.39 is 23.2 Å². The second-order valence-corrected chi connectivity index (χ2v) is 7.20. The predicted molar refractivity (Wildman–Crippen MR) is 98.7 cm³/mol. The van der Waals surface area contributed by atoms with Crippen LogP contribution < -0.4 is 4.90 Å². The van der Waals surface area contributed by atoms with Crippen LogP contribution >= 0.6 is 11.8 Å². The van der Waals surface area contributed by atoms with Gasteiger partial charge in [0.15, 0.2) is 5.88 Å². The number of furan rings is 1. The number of hydrogen-bond donors (Lipinski definition) is 0. The number of anilines is 1. The molecule has 7 nitrogen and oxygen atoms in total. The molecule has 0 aromatic carbocycles. The van der Waals surface area contributed by atoms with E-state index in [9.17, 15) is 14.4 Å². The molecule has 2 aliphatic heterocycles. The first-order valence-corrected chi connectivity index (χ1v) is 9.61. The van der Waals surface area contributed by atoms with E-state index in [1.165, 1.54) is 13.3 Å². The number of carbonyl (C=O) groups excluding carboxylic acids is 3. The average Bonchev–Trinajstić information content (AvgIpc) is 3.20. The Hall–Kier alpha value is -2.22. The maximum absolute atomic E-state index is 12.5. The van der Waals surface area contributed by atoms with Crippen LogP contribution in [0, 0.1) is 0 Å². The van der Waals surface area contributed by atoms with Crippen molar-refractivity contribution in [2.75, 3.05) is 24.6 Å². The number of thioether (sulfide) groups is 1. The highest BCUT2D eigenvalue weighted by molar-refractivity contribution is 8.18. The molecule has 2 amide bonds. The van der Waals surface area contributed by atoms with Gasteiger partial charge in [-0.25, -0.2) is 4.79 Å². The first kappa shape index (κ1) is 18.6. The molecule has 0 saturated carbocycles. The maximum Gasteiger partial charge on any atom is 0.329 e. The van der Waals surface area contributed by atoms with E-state index in [4.69, 9.17) is 9.15 Å². The molecule has 1 atom stereocenters. The predicted octanol–water partition coefficient (Wildman–Crippen LogP) is 3.26. The van der Waals surface area contributed by atoms with Crippen LogP contribution in [-0.2, 0) is 14.3 Å². The third-order valence-corrected chi connectivity index (χ3v) is 5.28. The summed E-state index contributed by atoms with van der Waals surface area (Å²) in [7, 11) is 0. The Kier molecular flexibility index (Phi) is 5.70. The van der Waals surface area contributed by atoms with Gasteiger partial charge in [0.1, 0.15) is 11.8 Å². The highest BCUT2D eigenvalue weighted by Gasteiger charge is 2.41. The Morgan fingerprint density at radius 3 is 2.73 bits per heavy atom. The summed E-state index contributed by atoms with van der Waals surface area (Å²) in [6, 6.07) is 2.71. The van der Waals surface area contributed by atoms with E-state index in [1.54, 1.807) is 19.1 Å². The van der Waals surface area contributed by atoms with Gasteiger partial charge in [-0.05, 0) is 50.9 Å². The van der Waals surface area contributed by atoms with Crippen molar-refractivity contribution < 1.29 is 23.5 Å². The first-order chi connectivity index (χ1) is 12.5. The molecular weight excluding hydrogens is 356 g/mol. The van der Waals surface area contributed by atoms with Gasteiger partial charge in [0, 0.05) is 25.2 Å². The lowest BCUT2D eigenvalue weighted by Gasteiger charge is -2.25. The van der Waals surface area contributed by atoms with Crippen LogP contribution in [0.5, 0.6) is 0 Å². The number of piperidine rings is 1. The molecule has 0 aliphatic carbocycles. The normalized spacial score (nSPS) is 20.8. The highest BCUT2D eigenvalue weighted by atomic mass is 32.2. The van der Waals surface area contributed by atoms with Gasteiger partial charge in [-0.3, -0.25) is 14.5 Å². The van der Waals surface area contributed by atoms with Crippen LogP contribution in [0.3, 0.4) is 0 Å². The molecule has 140 valence electrons. The molecule has 2 fully saturated rings. The number of ether oxygens (including phenoxy) is 1. The quantitative estimate of drug-likeness (QED) is 0.575. The minimum atomic E-state index is -0.950. The highest BCUT2D eigenvalue weighted by Crippen LogP contribution is 2.34. The fourth-order valence-corrected chi connectivity index (χ4v) is 3.90. The van der Waals surface area contributed by atoms with Gasteiger partial charge in [0.05, 0.1) is 11.5 Å². The summed E-state index contributed by atoms with van der Waals surface area (Å²) in [5.41, 5.74) is 0. The van der Waals surface area contributed by atoms with Crippen LogP contribution in [0.25, 0.3) is 6.08 Å². The van der Waals surface area contributed by atoms with E-state index in [2.05, 4.69) is 4.90 Å². The summed E-state index contributed by atoms with van der Waals surface area (Å²) in [6.07, 6.45) is 5.06. The van der Waals surface area contributed by atoms with Crippen molar-refractivity contribution in [2.45, 2.75) is 39.2 Å².